The molecule has 0 atom stereocenters. The van der Waals surface area contributed by atoms with Gasteiger partial charge in [-0.3, -0.25) is 0 Å². The van der Waals surface area contributed by atoms with Gasteiger partial charge in [0.1, 0.15) is 0 Å². The lowest BCUT2D eigenvalue weighted by molar-refractivity contribution is 0.0695. The summed E-state index contributed by atoms with van der Waals surface area (Å²) >= 11 is -3.69. The minimum absolute atomic E-state index is 0.0534. The standard InChI is InChI=1S/C8H7IO4/c1-5-2-3-7(9(12)13)6(4-5)8(10)11/h2-4H,1H3,(H,10,11). The minimum Gasteiger partial charge on any atom is -0.478 e. The van der Waals surface area contributed by atoms with Crippen molar-refractivity contribution in [2.45, 2.75) is 6.92 Å². The zero-order valence-corrected chi connectivity index (χ0v) is 8.94. The molecule has 1 aromatic carbocycles. The SMILES string of the molecule is Cc1ccc(I(=O)=O)c(C(=O)O)c1. The van der Waals surface area contributed by atoms with Crippen molar-refractivity contribution in [2.24, 2.45) is 0 Å². The third-order valence-electron chi connectivity index (χ3n) is 1.52. The quantitative estimate of drug-likeness (QED) is 0.847. The second-order valence-corrected chi connectivity index (χ2v) is 4.91. The van der Waals surface area contributed by atoms with E-state index in [4.69, 9.17) is 5.11 Å². The molecule has 0 amide bonds. The topological polar surface area (TPSA) is 71.4 Å². The van der Waals surface area contributed by atoms with Crippen molar-refractivity contribution in [3.63, 3.8) is 0 Å². The van der Waals surface area contributed by atoms with E-state index in [1.54, 1.807) is 13.0 Å². The van der Waals surface area contributed by atoms with Crippen molar-refractivity contribution in [2.75, 3.05) is 0 Å². The summed E-state index contributed by atoms with van der Waals surface area (Å²) in [6.45, 7) is 1.71. The maximum absolute atomic E-state index is 10.7. The van der Waals surface area contributed by atoms with E-state index in [0.29, 0.717) is 0 Å². The van der Waals surface area contributed by atoms with Crippen molar-refractivity contribution in [3.05, 3.63) is 32.9 Å². The summed E-state index contributed by atoms with van der Waals surface area (Å²) in [4.78, 5) is 10.6. The van der Waals surface area contributed by atoms with Gasteiger partial charge in [0.2, 0.25) is 0 Å². The van der Waals surface area contributed by atoms with E-state index in [0.717, 1.165) is 5.56 Å². The lowest BCUT2D eigenvalue weighted by atomic mass is 10.1. The van der Waals surface area contributed by atoms with Gasteiger partial charge in [-0.05, 0) is 19.1 Å². The van der Waals surface area contributed by atoms with Crippen LogP contribution in [0, 0.1) is 10.5 Å². The monoisotopic (exact) mass is 294 g/mol. The molecule has 4 nitrogen and oxygen atoms in total. The number of rotatable bonds is 2. The highest BCUT2D eigenvalue weighted by atomic mass is 127. The number of carbonyl (C=O) groups is 1. The number of carboxylic acids is 1. The first kappa shape index (κ1) is 10.1. The van der Waals surface area contributed by atoms with E-state index in [1.807, 2.05) is 0 Å². The second kappa shape index (κ2) is 3.82. The summed E-state index contributed by atoms with van der Waals surface area (Å²) in [5, 5.41) is 8.69. The normalized spacial score (nSPS) is 10.3. The fraction of sp³-hybridized carbons (Fsp3) is 0.125. The summed E-state index contributed by atoms with van der Waals surface area (Å²) in [6.07, 6.45) is 0. The highest BCUT2D eigenvalue weighted by Gasteiger charge is 2.13. The number of aryl methyl sites for hydroxylation is 1. The van der Waals surface area contributed by atoms with Gasteiger partial charge in [-0.25, -0.2) is 10.9 Å². The molecule has 0 bridgehead atoms. The Bertz CT molecular complexity index is 412. The van der Waals surface area contributed by atoms with Crippen LogP contribution in [-0.2, 0) is 6.14 Å². The van der Waals surface area contributed by atoms with Gasteiger partial charge < -0.3 is 5.11 Å². The van der Waals surface area contributed by atoms with Gasteiger partial charge in [-0.15, -0.1) is 0 Å². The van der Waals surface area contributed by atoms with Crippen LogP contribution >= 0.6 is 19.8 Å². The van der Waals surface area contributed by atoms with Crippen molar-refractivity contribution in [1.82, 2.24) is 0 Å². The first-order valence-corrected chi connectivity index (χ1v) is 6.25. The number of benzene rings is 1. The molecule has 0 radical (unpaired) electrons. The fourth-order valence-electron chi connectivity index (χ4n) is 0.938. The van der Waals surface area contributed by atoms with Gasteiger partial charge in [-0.2, -0.15) is 0 Å². The van der Waals surface area contributed by atoms with Crippen LogP contribution in [0.5, 0.6) is 0 Å². The molecule has 0 aromatic heterocycles. The van der Waals surface area contributed by atoms with E-state index in [9.17, 15) is 10.9 Å². The molecule has 0 saturated heterocycles. The largest absolute Gasteiger partial charge is 0.478 e. The molecular formula is C8H7IO4. The molecule has 0 heterocycles. The Hall–Kier alpha value is -0.980. The molecule has 5 heteroatoms. The molecule has 0 unspecified atom stereocenters. The zero-order chi connectivity index (χ0) is 10.0. The van der Waals surface area contributed by atoms with Gasteiger partial charge in [0.05, 0.1) is 9.13 Å². The predicted octanol–water partition coefficient (Wildman–Crippen LogP) is 2.06. The zero-order valence-electron chi connectivity index (χ0n) is 6.78. The highest BCUT2D eigenvalue weighted by molar-refractivity contribution is 14.2. The fourth-order valence-corrected chi connectivity index (χ4v) is 2.27. The molecule has 0 spiro atoms. The van der Waals surface area contributed by atoms with Crippen LogP contribution in [0.3, 0.4) is 0 Å². The Kier molecular flexibility index (Phi) is 2.97. The van der Waals surface area contributed by atoms with Gasteiger partial charge in [0.15, 0.2) is 0 Å². The number of hydrogen-bond donors (Lipinski definition) is 1. The van der Waals surface area contributed by atoms with Crippen molar-refractivity contribution >= 4 is 25.8 Å². The Morgan fingerprint density at radius 3 is 2.46 bits per heavy atom. The van der Waals surface area contributed by atoms with Crippen LogP contribution in [0.4, 0.5) is 0 Å². The summed E-state index contributed by atoms with van der Waals surface area (Å²) < 4.78 is 21.4. The van der Waals surface area contributed by atoms with Crippen LogP contribution < -0.4 is 0 Å². The number of aromatic carboxylic acids is 1. The second-order valence-electron chi connectivity index (χ2n) is 2.51. The average molecular weight is 294 g/mol. The number of hydrogen-bond acceptors (Lipinski definition) is 3. The molecule has 0 aliphatic carbocycles. The van der Waals surface area contributed by atoms with Crippen LogP contribution in [0.25, 0.3) is 0 Å². The number of carboxylic acid groups (broad SMARTS) is 1. The van der Waals surface area contributed by atoms with Crippen LogP contribution in [0.1, 0.15) is 15.9 Å². The molecule has 1 rings (SSSR count). The van der Waals surface area contributed by atoms with Crippen molar-refractivity contribution in [3.8, 4) is 0 Å². The van der Waals surface area contributed by atoms with Crippen molar-refractivity contribution in [1.29, 1.82) is 0 Å². The maximum Gasteiger partial charge on any atom is 0.341 e. The van der Waals surface area contributed by atoms with E-state index in [2.05, 4.69) is 0 Å². The summed E-state index contributed by atoms with van der Waals surface area (Å²) in [7, 11) is 0. The molecule has 0 aliphatic heterocycles. The minimum atomic E-state index is -3.69. The summed E-state index contributed by atoms with van der Waals surface area (Å²) in [6, 6.07) is 4.28. The Morgan fingerprint density at radius 2 is 2.00 bits per heavy atom. The summed E-state index contributed by atoms with van der Waals surface area (Å²) in [5.74, 6) is -1.20. The Balaban J connectivity index is 3.44. The third-order valence-corrected chi connectivity index (χ3v) is 3.41. The van der Waals surface area contributed by atoms with E-state index in [1.165, 1.54) is 12.1 Å². The van der Waals surface area contributed by atoms with Gasteiger partial charge in [0.25, 0.3) is 0 Å². The smallest absolute Gasteiger partial charge is 0.341 e. The van der Waals surface area contributed by atoms with Gasteiger partial charge >= 0.3 is 25.8 Å². The van der Waals surface area contributed by atoms with Gasteiger partial charge in [-0.1, -0.05) is 11.6 Å². The van der Waals surface area contributed by atoms with Crippen LogP contribution in [0.15, 0.2) is 18.2 Å². The maximum atomic E-state index is 10.7. The molecule has 1 N–H and O–H groups in total. The van der Waals surface area contributed by atoms with Crippen LogP contribution in [0.2, 0.25) is 0 Å². The molecule has 13 heavy (non-hydrogen) atoms. The molecule has 70 valence electrons. The summed E-state index contributed by atoms with van der Waals surface area (Å²) in [5.41, 5.74) is 0.606. The Morgan fingerprint density at radius 1 is 1.38 bits per heavy atom. The highest BCUT2D eigenvalue weighted by Crippen LogP contribution is 2.22. The first-order chi connectivity index (χ1) is 6.02. The average Bonchev–Trinajstić information content (AvgIpc) is 2.03. The van der Waals surface area contributed by atoms with Crippen molar-refractivity contribution < 1.29 is 16.0 Å². The lowest BCUT2D eigenvalue weighted by Gasteiger charge is -1.98. The first-order valence-electron chi connectivity index (χ1n) is 3.41. The third kappa shape index (κ3) is 2.24. The lowest BCUT2D eigenvalue weighted by Crippen LogP contribution is -2.00. The van der Waals surface area contributed by atoms with E-state index < -0.39 is 25.8 Å². The van der Waals surface area contributed by atoms with Gasteiger partial charge in [0, 0.05) is 0 Å². The molecule has 0 aliphatic rings. The molecular weight excluding hydrogens is 287 g/mol. The predicted molar refractivity (Wildman–Crippen MR) is 52.2 cm³/mol. The molecule has 1 aromatic rings. The Labute approximate surface area is 81.7 Å². The van der Waals surface area contributed by atoms with E-state index >= 15 is 0 Å². The molecule has 0 saturated carbocycles. The van der Waals surface area contributed by atoms with E-state index in [-0.39, 0.29) is 9.13 Å². The number of halogens is 1. The van der Waals surface area contributed by atoms with Crippen LogP contribution in [-0.4, -0.2) is 11.1 Å². The molecule has 0 fully saturated rings.